The van der Waals surface area contributed by atoms with E-state index in [1.165, 1.54) is 19.0 Å². The summed E-state index contributed by atoms with van der Waals surface area (Å²) in [4.78, 5) is 71.9. The van der Waals surface area contributed by atoms with Crippen molar-refractivity contribution in [2.45, 2.75) is 10.8 Å². The van der Waals surface area contributed by atoms with Crippen molar-refractivity contribution in [3.8, 4) is 0 Å². The van der Waals surface area contributed by atoms with Crippen LogP contribution in [0.1, 0.15) is 22.3 Å². The van der Waals surface area contributed by atoms with Gasteiger partial charge in [0.2, 0.25) is 11.8 Å². The third-order valence-electron chi connectivity index (χ3n) is 11.3. The number of hydrogen-bond acceptors (Lipinski definition) is 8. The average molecular weight is 689 g/mol. The Morgan fingerprint density at radius 2 is 0.942 bits per heavy atom. The highest BCUT2D eigenvalue weighted by molar-refractivity contribution is 6.34. The Morgan fingerprint density at radius 3 is 1.31 bits per heavy atom. The van der Waals surface area contributed by atoms with Crippen LogP contribution in [0.15, 0.2) is 121 Å². The van der Waals surface area contributed by atoms with Crippen molar-refractivity contribution in [1.29, 1.82) is 0 Å². The summed E-state index contributed by atoms with van der Waals surface area (Å²) in [6, 6.07) is 35.5. The van der Waals surface area contributed by atoms with E-state index in [2.05, 4.69) is 0 Å². The lowest BCUT2D eigenvalue weighted by molar-refractivity contribution is -0.392. The zero-order chi connectivity index (χ0) is 36.3. The molecule has 0 N–H and O–H groups in total. The van der Waals surface area contributed by atoms with Crippen molar-refractivity contribution >= 4 is 61.9 Å². The first-order valence-electron chi connectivity index (χ1n) is 16.7. The van der Waals surface area contributed by atoms with Crippen molar-refractivity contribution in [2.75, 3.05) is 23.9 Å². The molecule has 3 aliphatic rings. The predicted molar refractivity (Wildman–Crippen MR) is 194 cm³/mol. The highest BCUT2D eigenvalue weighted by Crippen LogP contribution is 2.72. The van der Waals surface area contributed by atoms with Crippen LogP contribution in [0.4, 0.5) is 22.7 Å². The topological polar surface area (TPSA) is 144 Å². The van der Waals surface area contributed by atoms with E-state index in [0.717, 1.165) is 38.6 Å². The molecule has 0 aromatic heterocycles. The highest BCUT2D eigenvalue weighted by Gasteiger charge is 2.82. The fraction of sp³-hybridized carbons (Fsp3) is 0.146. The molecule has 254 valence electrons. The maximum absolute atomic E-state index is 16.0. The van der Waals surface area contributed by atoms with Crippen LogP contribution in [-0.4, -0.2) is 41.5 Å². The summed E-state index contributed by atoms with van der Waals surface area (Å²) in [5, 5.41) is 28.1. The number of imide groups is 1. The first-order chi connectivity index (χ1) is 25.1. The molecule has 6 aromatic rings. The van der Waals surface area contributed by atoms with Gasteiger partial charge >= 0.3 is 11.4 Å². The normalized spacial score (nSPS) is 23.0. The molecule has 11 nitrogen and oxygen atoms in total. The third-order valence-corrected chi connectivity index (χ3v) is 11.3. The maximum Gasteiger partial charge on any atom is 0.301 e. The van der Waals surface area contributed by atoms with Gasteiger partial charge in [0.05, 0.1) is 38.2 Å². The van der Waals surface area contributed by atoms with E-state index in [-0.39, 0.29) is 17.2 Å². The van der Waals surface area contributed by atoms with Gasteiger partial charge in [-0.3, -0.25) is 34.6 Å². The Balaban J connectivity index is 1.44. The van der Waals surface area contributed by atoms with E-state index < -0.39 is 55.7 Å². The van der Waals surface area contributed by atoms with Gasteiger partial charge < -0.3 is 4.90 Å². The second-order valence-electron chi connectivity index (χ2n) is 13.7. The molecule has 0 unspecified atom stereocenters. The lowest BCUT2D eigenvalue weighted by atomic mass is 9.59. The van der Waals surface area contributed by atoms with Gasteiger partial charge in [-0.25, -0.2) is 4.90 Å². The van der Waals surface area contributed by atoms with Crippen LogP contribution in [0.25, 0.3) is 21.5 Å². The van der Waals surface area contributed by atoms with E-state index in [1.54, 1.807) is 48.5 Å². The number of rotatable bonds is 6. The van der Waals surface area contributed by atoms with Crippen LogP contribution in [0.3, 0.4) is 0 Å². The number of nitro benzene ring substituents is 2. The average Bonchev–Trinajstić information content (AvgIpc) is 3.67. The number of nitrogens with zero attached hydrogens (tertiary/aromatic N) is 4. The number of hydrogen-bond donors (Lipinski definition) is 0. The van der Waals surface area contributed by atoms with Gasteiger partial charge in [-0.05, 0) is 43.8 Å². The molecular formula is C41H28N4O7. The minimum Gasteiger partial charge on any atom is -0.366 e. The zero-order valence-electron chi connectivity index (χ0n) is 27.8. The number of amides is 2. The molecule has 1 saturated heterocycles. The van der Waals surface area contributed by atoms with Gasteiger partial charge in [0.1, 0.15) is 0 Å². The number of carbonyl (C=O) groups excluding carboxylic acids is 3. The molecule has 0 radical (unpaired) electrons. The molecule has 4 atom stereocenters. The van der Waals surface area contributed by atoms with Crippen LogP contribution >= 0.6 is 0 Å². The summed E-state index contributed by atoms with van der Waals surface area (Å²) in [5.74, 6) is -4.37. The number of Topliss-reactive ketones (excluding diaryl/α,β-unsaturated/α-hetero) is 1. The Kier molecular flexibility index (Phi) is 6.39. The molecule has 1 saturated carbocycles. The molecule has 9 rings (SSSR count). The molecule has 11 heteroatoms. The van der Waals surface area contributed by atoms with E-state index in [4.69, 9.17) is 0 Å². The van der Waals surface area contributed by atoms with Crippen molar-refractivity contribution in [3.05, 3.63) is 164 Å². The van der Waals surface area contributed by atoms with E-state index >= 15 is 14.4 Å². The number of fused-ring (bicyclic) bond motifs is 13. The Morgan fingerprint density at radius 1 is 0.577 bits per heavy atom. The number of ketones is 1. The van der Waals surface area contributed by atoms with Crippen molar-refractivity contribution in [1.82, 2.24) is 0 Å². The van der Waals surface area contributed by atoms with E-state index in [0.29, 0.717) is 22.3 Å². The molecule has 1 aliphatic heterocycles. The van der Waals surface area contributed by atoms with Gasteiger partial charge in [-0.1, -0.05) is 109 Å². The predicted octanol–water partition coefficient (Wildman–Crippen LogP) is 6.85. The van der Waals surface area contributed by atoms with E-state index in [1.807, 2.05) is 60.7 Å². The molecule has 52 heavy (non-hydrogen) atoms. The fourth-order valence-corrected chi connectivity index (χ4v) is 9.66. The first-order valence-corrected chi connectivity index (χ1v) is 16.7. The van der Waals surface area contributed by atoms with Gasteiger partial charge in [0, 0.05) is 26.2 Å². The molecule has 6 aromatic carbocycles. The molecule has 1 heterocycles. The third kappa shape index (κ3) is 3.56. The lowest BCUT2D eigenvalue weighted by Gasteiger charge is -2.38. The zero-order valence-corrected chi connectivity index (χ0v) is 27.8. The van der Waals surface area contributed by atoms with E-state index in [9.17, 15) is 20.2 Å². The van der Waals surface area contributed by atoms with Gasteiger partial charge in [0.25, 0.3) is 0 Å². The molecule has 2 amide bonds. The summed E-state index contributed by atoms with van der Waals surface area (Å²) in [6.45, 7) is 0. The summed E-state index contributed by atoms with van der Waals surface area (Å²) in [6.07, 6.45) is 0. The Labute approximate surface area is 296 Å². The molecular weight excluding hydrogens is 660 g/mol. The van der Waals surface area contributed by atoms with Crippen LogP contribution in [-0.2, 0) is 25.2 Å². The van der Waals surface area contributed by atoms with Crippen molar-refractivity contribution in [3.63, 3.8) is 0 Å². The number of anilines is 2. The Bertz CT molecular complexity index is 2440. The smallest absolute Gasteiger partial charge is 0.301 e. The number of carbonyl (C=O) groups is 3. The summed E-state index contributed by atoms with van der Waals surface area (Å²) >= 11 is 0. The van der Waals surface area contributed by atoms with Crippen LogP contribution in [0.5, 0.6) is 0 Å². The monoisotopic (exact) mass is 688 g/mol. The summed E-state index contributed by atoms with van der Waals surface area (Å²) in [5.41, 5.74) is -2.82. The largest absolute Gasteiger partial charge is 0.366 e. The van der Waals surface area contributed by atoms with Crippen molar-refractivity contribution < 1.29 is 24.2 Å². The molecule has 2 bridgehead atoms. The second kappa shape index (κ2) is 10.6. The fourth-order valence-electron chi connectivity index (χ4n) is 9.66. The lowest BCUT2D eigenvalue weighted by Crippen LogP contribution is -2.45. The van der Waals surface area contributed by atoms with Gasteiger partial charge in [0.15, 0.2) is 11.5 Å². The molecule has 0 spiro atoms. The minimum absolute atomic E-state index is 0.278. The summed E-state index contributed by atoms with van der Waals surface area (Å²) < 4.78 is 0. The molecule has 2 fully saturated rings. The number of benzene rings is 6. The van der Waals surface area contributed by atoms with Crippen molar-refractivity contribution in [2.24, 2.45) is 11.8 Å². The number of nitro groups is 2. The van der Waals surface area contributed by atoms with Gasteiger partial charge in [-0.15, -0.1) is 0 Å². The quantitative estimate of drug-likeness (QED) is 0.0800. The highest BCUT2D eigenvalue weighted by atomic mass is 16.6. The summed E-state index contributed by atoms with van der Waals surface area (Å²) in [7, 11) is 2.88. The first kappa shape index (κ1) is 31.2. The maximum atomic E-state index is 16.0. The standard InChI is InChI=1S/C41H28N4O7/c1-42(2)36-30(44(49)50)21-25(22-31(36)45(51)52)43-37(46)34-35(38(43)47)41(24-15-7-4-8-16-24)33-29-20-12-10-18-27(29)26-17-9-11-19-28(26)32(33)40(34,39(41)48)23-13-5-3-6-14-23/h3-22,34-35H,1-2H3/t34-,35+,40+,41-. The SMILES string of the molecule is CN(C)c1c([N+](=O)[O-])cc(N2C(=O)[C@@H]3[C@H](C2=O)[C@@]2(c4ccccc4)C(=O)[C@]3(c3ccccc3)c3c2c2ccccc2c2ccccc32)cc1[N+](=O)[O-]. The van der Waals surface area contributed by atoms with Gasteiger partial charge in [-0.2, -0.15) is 0 Å². The molecule has 2 aliphatic carbocycles. The minimum atomic E-state index is -1.66. The Hall–Kier alpha value is -6.75. The van der Waals surface area contributed by atoms with Crippen LogP contribution < -0.4 is 9.80 Å². The van der Waals surface area contributed by atoms with Crippen LogP contribution in [0, 0.1) is 32.1 Å². The van der Waals surface area contributed by atoms with Crippen LogP contribution in [0.2, 0.25) is 0 Å². The second-order valence-corrected chi connectivity index (χ2v) is 13.7.